The Labute approximate surface area is 154 Å². The van der Waals surface area contributed by atoms with E-state index in [0.29, 0.717) is 24.9 Å². The Kier molecular flexibility index (Phi) is 4.98. The van der Waals surface area contributed by atoms with Crippen LogP contribution < -0.4 is 4.90 Å². The standard InChI is InChI=1S/C18H17F3N2O3S/c1-27(25,26)15-6-4-12(5-7-15)16-9-13(18(19,20)21)10-22-17(16)23-8-2-3-14(24)11-23/h4-7,9-10H,2-3,8,11H2,1H3. The lowest BCUT2D eigenvalue weighted by molar-refractivity contribution is -0.137. The maximum atomic E-state index is 13.2. The molecule has 0 spiro atoms. The monoisotopic (exact) mass is 398 g/mol. The Balaban J connectivity index is 2.11. The van der Waals surface area contributed by atoms with Gasteiger partial charge in [-0.2, -0.15) is 13.2 Å². The summed E-state index contributed by atoms with van der Waals surface area (Å²) < 4.78 is 62.7. The summed E-state index contributed by atoms with van der Waals surface area (Å²) >= 11 is 0. The molecule has 0 N–H and O–H groups in total. The van der Waals surface area contributed by atoms with Crippen LogP contribution in [-0.2, 0) is 20.8 Å². The van der Waals surface area contributed by atoms with Crippen LogP contribution in [-0.4, -0.2) is 38.5 Å². The Morgan fingerprint density at radius 3 is 2.37 bits per heavy atom. The van der Waals surface area contributed by atoms with Crippen molar-refractivity contribution in [3.63, 3.8) is 0 Å². The third-order valence-corrected chi connectivity index (χ3v) is 5.47. The molecule has 1 aromatic heterocycles. The van der Waals surface area contributed by atoms with Crippen LogP contribution in [0.3, 0.4) is 0 Å². The minimum absolute atomic E-state index is 0.00122. The maximum absolute atomic E-state index is 13.2. The molecule has 2 aromatic rings. The second-order valence-corrected chi connectivity index (χ2v) is 8.47. The minimum atomic E-state index is -4.56. The largest absolute Gasteiger partial charge is 0.417 e. The Hall–Kier alpha value is -2.42. The molecule has 1 aliphatic rings. The van der Waals surface area contributed by atoms with Gasteiger partial charge in [-0.05, 0) is 30.2 Å². The average molecular weight is 398 g/mol. The Bertz CT molecular complexity index is 970. The number of hydrogen-bond acceptors (Lipinski definition) is 5. The molecule has 2 heterocycles. The zero-order valence-electron chi connectivity index (χ0n) is 14.5. The van der Waals surface area contributed by atoms with E-state index in [1.54, 1.807) is 4.90 Å². The number of ketones is 1. The zero-order valence-corrected chi connectivity index (χ0v) is 15.3. The van der Waals surface area contributed by atoms with Gasteiger partial charge in [-0.25, -0.2) is 13.4 Å². The van der Waals surface area contributed by atoms with Crippen LogP contribution in [0.1, 0.15) is 18.4 Å². The number of piperidine rings is 1. The molecule has 3 rings (SSSR count). The SMILES string of the molecule is CS(=O)(=O)c1ccc(-c2cc(C(F)(F)F)cnc2N2CCCC(=O)C2)cc1. The number of benzene rings is 1. The third kappa shape index (κ3) is 4.29. The number of Topliss-reactive ketones (excluding diaryl/α,β-unsaturated/α-hetero) is 1. The van der Waals surface area contributed by atoms with E-state index >= 15 is 0 Å². The molecule has 9 heteroatoms. The molecular weight excluding hydrogens is 381 g/mol. The van der Waals surface area contributed by atoms with Crippen LogP contribution in [0.5, 0.6) is 0 Å². The fourth-order valence-electron chi connectivity index (χ4n) is 2.98. The molecule has 0 amide bonds. The van der Waals surface area contributed by atoms with Crippen molar-refractivity contribution in [2.24, 2.45) is 0 Å². The molecule has 1 saturated heterocycles. The highest BCUT2D eigenvalue weighted by atomic mass is 32.2. The lowest BCUT2D eigenvalue weighted by atomic mass is 10.0. The van der Waals surface area contributed by atoms with Crippen LogP contribution in [0.25, 0.3) is 11.1 Å². The normalized spacial score (nSPS) is 15.9. The highest BCUT2D eigenvalue weighted by Gasteiger charge is 2.33. The molecule has 0 unspecified atom stereocenters. The molecule has 0 atom stereocenters. The molecular formula is C18H17F3N2O3S. The first-order valence-corrected chi connectivity index (χ1v) is 10.1. The molecule has 1 fully saturated rings. The second kappa shape index (κ2) is 6.95. The predicted octanol–water partition coefficient (Wildman–Crippen LogP) is 3.34. The van der Waals surface area contributed by atoms with Crippen LogP contribution >= 0.6 is 0 Å². The lowest BCUT2D eigenvalue weighted by Crippen LogP contribution is -2.36. The quantitative estimate of drug-likeness (QED) is 0.793. The number of hydrogen-bond donors (Lipinski definition) is 0. The van der Waals surface area contributed by atoms with Gasteiger partial charge in [0, 0.05) is 31.0 Å². The van der Waals surface area contributed by atoms with Crippen molar-refractivity contribution in [3.8, 4) is 11.1 Å². The van der Waals surface area contributed by atoms with Gasteiger partial charge in [-0.1, -0.05) is 12.1 Å². The summed E-state index contributed by atoms with van der Waals surface area (Å²) in [6.45, 7) is 0.602. The maximum Gasteiger partial charge on any atom is 0.417 e. The summed E-state index contributed by atoms with van der Waals surface area (Å²) in [5, 5.41) is 0. The fraction of sp³-hybridized carbons (Fsp3) is 0.333. The van der Waals surface area contributed by atoms with Crippen LogP contribution in [0.2, 0.25) is 0 Å². The Morgan fingerprint density at radius 2 is 1.81 bits per heavy atom. The van der Waals surface area contributed by atoms with Crippen molar-refractivity contribution in [2.75, 3.05) is 24.2 Å². The number of carbonyl (C=O) groups excluding carboxylic acids is 1. The number of aromatic nitrogens is 1. The number of halogens is 3. The van der Waals surface area contributed by atoms with Crippen molar-refractivity contribution in [1.29, 1.82) is 0 Å². The molecule has 144 valence electrons. The van der Waals surface area contributed by atoms with Crippen LogP contribution in [0, 0.1) is 0 Å². The van der Waals surface area contributed by atoms with Crippen LogP contribution in [0.4, 0.5) is 19.0 Å². The van der Waals surface area contributed by atoms with Crippen LogP contribution in [0.15, 0.2) is 41.4 Å². The highest BCUT2D eigenvalue weighted by molar-refractivity contribution is 7.90. The Morgan fingerprint density at radius 1 is 1.15 bits per heavy atom. The number of nitrogens with zero attached hydrogens (tertiary/aromatic N) is 2. The van der Waals surface area contributed by atoms with Crippen molar-refractivity contribution in [1.82, 2.24) is 4.98 Å². The van der Waals surface area contributed by atoms with E-state index in [1.807, 2.05) is 0 Å². The smallest absolute Gasteiger partial charge is 0.349 e. The first-order valence-electron chi connectivity index (χ1n) is 8.20. The summed E-state index contributed by atoms with van der Waals surface area (Å²) in [6, 6.07) is 6.56. The van der Waals surface area contributed by atoms with Crippen molar-refractivity contribution >= 4 is 21.4 Å². The fourth-order valence-corrected chi connectivity index (χ4v) is 3.61. The van der Waals surface area contributed by atoms with E-state index in [0.717, 1.165) is 18.5 Å². The summed E-state index contributed by atoms with van der Waals surface area (Å²) in [5.41, 5.74) is -0.301. The predicted molar refractivity (Wildman–Crippen MR) is 94.2 cm³/mol. The molecule has 5 nitrogen and oxygen atoms in total. The molecule has 1 aliphatic heterocycles. The van der Waals surface area contributed by atoms with E-state index in [1.165, 1.54) is 24.3 Å². The number of pyridine rings is 1. The summed E-state index contributed by atoms with van der Waals surface area (Å²) in [6.07, 6.45) is -1.71. The van der Waals surface area contributed by atoms with E-state index < -0.39 is 21.6 Å². The van der Waals surface area contributed by atoms with Gasteiger partial charge in [-0.15, -0.1) is 0 Å². The van der Waals surface area contributed by atoms with Gasteiger partial charge >= 0.3 is 6.18 Å². The first kappa shape index (κ1) is 19.3. The third-order valence-electron chi connectivity index (χ3n) is 4.34. The van der Waals surface area contributed by atoms with Crippen molar-refractivity contribution in [2.45, 2.75) is 23.9 Å². The van der Waals surface area contributed by atoms with Crippen molar-refractivity contribution < 1.29 is 26.4 Å². The van der Waals surface area contributed by atoms with Gasteiger partial charge in [0.25, 0.3) is 0 Å². The van der Waals surface area contributed by atoms with Gasteiger partial charge in [-0.3, -0.25) is 4.79 Å². The van der Waals surface area contributed by atoms with Gasteiger partial charge < -0.3 is 4.90 Å². The number of alkyl halides is 3. The van der Waals surface area contributed by atoms with Gasteiger partial charge in [0.15, 0.2) is 15.6 Å². The lowest BCUT2D eigenvalue weighted by Gasteiger charge is -2.29. The zero-order chi connectivity index (χ0) is 19.8. The average Bonchev–Trinajstić information content (AvgIpc) is 2.60. The topological polar surface area (TPSA) is 67.3 Å². The van der Waals surface area contributed by atoms with E-state index in [2.05, 4.69) is 4.98 Å². The molecule has 27 heavy (non-hydrogen) atoms. The molecule has 0 saturated carbocycles. The summed E-state index contributed by atoms with van der Waals surface area (Å²) in [4.78, 5) is 17.5. The molecule has 0 aliphatic carbocycles. The van der Waals surface area contributed by atoms with E-state index in [9.17, 15) is 26.4 Å². The molecule has 0 radical (unpaired) electrons. The van der Waals surface area contributed by atoms with E-state index in [4.69, 9.17) is 0 Å². The van der Waals surface area contributed by atoms with Gasteiger partial charge in [0.1, 0.15) is 5.82 Å². The number of rotatable bonds is 3. The number of sulfone groups is 1. The van der Waals surface area contributed by atoms with Gasteiger partial charge in [0.2, 0.25) is 0 Å². The molecule has 1 aromatic carbocycles. The number of anilines is 1. The number of carbonyl (C=O) groups is 1. The highest BCUT2D eigenvalue weighted by Crippen LogP contribution is 2.37. The molecule has 0 bridgehead atoms. The van der Waals surface area contributed by atoms with Gasteiger partial charge in [0.05, 0.1) is 17.0 Å². The summed E-state index contributed by atoms with van der Waals surface area (Å²) in [7, 11) is -3.42. The summed E-state index contributed by atoms with van der Waals surface area (Å²) in [5.74, 6) is 0.282. The van der Waals surface area contributed by atoms with E-state index in [-0.39, 0.29) is 28.6 Å². The minimum Gasteiger partial charge on any atom is -0.349 e. The van der Waals surface area contributed by atoms with Crippen molar-refractivity contribution in [3.05, 3.63) is 42.1 Å². The first-order chi connectivity index (χ1) is 12.6. The second-order valence-electron chi connectivity index (χ2n) is 6.45.